The number of esters is 1. The van der Waals surface area contributed by atoms with Gasteiger partial charge in [0, 0.05) is 17.9 Å². The summed E-state index contributed by atoms with van der Waals surface area (Å²) < 4.78 is 5.99. The van der Waals surface area contributed by atoms with Gasteiger partial charge in [0.2, 0.25) is 0 Å². The molecule has 0 aliphatic heterocycles. The number of carbonyl (C=O) groups is 2. The van der Waals surface area contributed by atoms with Gasteiger partial charge in [0.15, 0.2) is 5.65 Å². The second-order valence-corrected chi connectivity index (χ2v) is 7.50. The number of aromatic amines is 1. The SMILES string of the molecule is CCn1c(=O)[nH]c(=O)c2c(C(=O)Nc3ccc(Cl)c(C(=O)OC)c3)cc(C(C)C)nc21. The minimum atomic E-state index is -0.705. The summed E-state index contributed by atoms with van der Waals surface area (Å²) in [6, 6.07) is 5.88. The third-order valence-corrected chi connectivity index (χ3v) is 5.08. The maximum absolute atomic E-state index is 13.1. The molecule has 2 aromatic heterocycles. The number of nitrogens with zero attached hydrogens (tertiary/aromatic N) is 2. The highest BCUT2D eigenvalue weighted by molar-refractivity contribution is 6.33. The van der Waals surface area contributed by atoms with E-state index >= 15 is 0 Å². The normalized spacial score (nSPS) is 11.0. The lowest BCUT2D eigenvalue weighted by molar-refractivity contribution is 0.0600. The number of rotatable bonds is 5. The Kier molecular flexibility index (Phi) is 6.26. The van der Waals surface area contributed by atoms with Crippen molar-refractivity contribution in [2.45, 2.75) is 33.2 Å². The molecule has 2 N–H and O–H groups in total. The number of hydrogen-bond donors (Lipinski definition) is 2. The van der Waals surface area contributed by atoms with Crippen LogP contribution in [-0.2, 0) is 11.3 Å². The van der Waals surface area contributed by atoms with Crippen molar-refractivity contribution >= 4 is 40.2 Å². The minimum Gasteiger partial charge on any atom is -0.465 e. The third kappa shape index (κ3) is 4.22. The van der Waals surface area contributed by atoms with Crippen molar-refractivity contribution in [2.75, 3.05) is 12.4 Å². The number of benzene rings is 1. The topological polar surface area (TPSA) is 123 Å². The van der Waals surface area contributed by atoms with Crippen LogP contribution >= 0.6 is 11.6 Å². The molecule has 0 saturated heterocycles. The number of pyridine rings is 1. The standard InChI is InChI=1S/C21H21ClN4O5/c1-5-26-17-16(19(28)25-21(26)30)13(9-15(24-17)10(2)3)18(27)23-11-6-7-14(22)12(8-11)20(29)31-4/h6-10H,5H2,1-4H3,(H,23,27)(H,25,28,30). The van der Waals surface area contributed by atoms with Crippen LogP contribution in [0.4, 0.5) is 5.69 Å². The first-order chi connectivity index (χ1) is 14.7. The van der Waals surface area contributed by atoms with E-state index in [4.69, 9.17) is 16.3 Å². The van der Waals surface area contributed by atoms with Gasteiger partial charge in [-0.15, -0.1) is 0 Å². The maximum atomic E-state index is 13.1. The molecule has 162 valence electrons. The Morgan fingerprint density at radius 2 is 1.94 bits per heavy atom. The van der Waals surface area contributed by atoms with Gasteiger partial charge in [-0.2, -0.15) is 0 Å². The summed E-state index contributed by atoms with van der Waals surface area (Å²) in [7, 11) is 1.22. The lowest BCUT2D eigenvalue weighted by Crippen LogP contribution is -2.32. The molecule has 10 heteroatoms. The number of H-pyrrole nitrogens is 1. The van der Waals surface area contributed by atoms with Crippen LogP contribution in [0.3, 0.4) is 0 Å². The average Bonchev–Trinajstić information content (AvgIpc) is 2.73. The first-order valence-electron chi connectivity index (χ1n) is 9.54. The van der Waals surface area contributed by atoms with Gasteiger partial charge in [0.25, 0.3) is 11.5 Å². The van der Waals surface area contributed by atoms with Crippen LogP contribution in [0, 0.1) is 0 Å². The van der Waals surface area contributed by atoms with Gasteiger partial charge < -0.3 is 10.1 Å². The molecule has 31 heavy (non-hydrogen) atoms. The van der Waals surface area contributed by atoms with Crippen LogP contribution in [0.2, 0.25) is 5.02 Å². The van der Waals surface area contributed by atoms with Gasteiger partial charge >= 0.3 is 11.7 Å². The molecule has 0 unspecified atom stereocenters. The van der Waals surface area contributed by atoms with Crippen LogP contribution in [-0.4, -0.2) is 33.5 Å². The third-order valence-electron chi connectivity index (χ3n) is 4.75. The van der Waals surface area contributed by atoms with E-state index in [1.54, 1.807) is 6.92 Å². The Labute approximate surface area is 182 Å². The Morgan fingerprint density at radius 3 is 2.55 bits per heavy atom. The number of hydrogen-bond acceptors (Lipinski definition) is 6. The van der Waals surface area contributed by atoms with Gasteiger partial charge in [-0.3, -0.25) is 19.1 Å². The van der Waals surface area contributed by atoms with E-state index in [1.165, 1.54) is 35.9 Å². The van der Waals surface area contributed by atoms with Crippen molar-refractivity contribution in [3.05, 3.63) is 66.9 Å². The van der Waals surface area contributed by atoms with Gasteiger partial charge in [0.1, 0.15) is 0 Å². The average molecular weight is 445 g/mol. The molecule has 0 spiro atoms. The zero-order valence-corrected chi connectivity index (χ0v) is 18.2. The van der Waals surface area contributed by atoms with Gasteiger partial charge in [-0.1, -0.05) is 25.4 Å². The summed E-state index contributed by atoms with van der Waals surface area (Å²) in [5, 5.41) is 2.85. The number of fused-ring (bicyclic) bond motifs is 1. The first kappa shape index (κ1) is 22.2. The second kappa shape index (κ2) is 8.73. The summed E-state index contributed by atoms with van der Waals surface area (Å²) in [5.41, 5.74) is -0.181. The lowest BCUT2D eigenvalue weighted by Gasteiger charge is -2.14. The molecule has 3 aromatic rings. The highest BCUT2D eigenvalue weighted by atomic mass is 35.5. The van der Waals surface area contributed by atoms with Crippen molar-refractivity contribution in [1.29, 1.82) is 0 Å². The Hall–Kier alpha value is -3.46. The fourth-order valence-electron chi connectivity index (χ4n) is 3.13. The monoisotopic (exact) mass is 444 g/mol. The highest BCUT2D eigenvalue weighted by Gasteiger charge is 2.21. The minimum absolute atomic E-state index is 0.00510. The fraction of sp³-hybridized carbons (Fsp3) is 0.286. The van der Waals surface area contributed by atoms with Crippen molar-refractivity contribution in [2.24, 2.45) is 0 Å². The predicted molar refractivity (Wildman–Crippen MR) is 117 cm³/mol. The zero-order valence-electron chi connectivity index (χ0n) is 17.4. The smallest absolute Gasteiger partial charge is 0.339 e. The number of aryl methyl sites for hydroxylation is 1. The molecule has 0 aliphatic carbocycles. The van der Waals surface area contributed by atoms with Crippen LogP contribution < -0.4 is 16.6 Å². The molecular weight excluding hydrogens is 424 g/mol. The van der Waals surface area contributed by atoms with E-state index in [-0.39, 0.29) is 45.3 Å². The molecular formula is C21H21ClN4O5. The van der Waals surface area contributed by atoms with Crippen molar-refractivity contribution in [3.63, 3.8) is 0 Å². The van der Waals surface area contributed by atoms with Crippen molar-refractivity contribution in [3.8, 4) is 0 Å². The van der Waals surface area contributed by atoms with E-state index in [9.17, 15) is 19.2 Å². The molecule has 0 saturated carbocycles. The van der Waals surface area contributed by atoms with Gasteiger partial charge in [-0.25, -0.2) is 14.6 Å². The largest absolute Gasteiger partial charge is 0.465 e. The molecule has 1 aromatic carbocycles. The maximum Gasteiger partial charge on any atom is 0.339 e. The summed E-state index contributed by atoms with van der Waals surface area (Å²) in [5.74, 6) is -1.31. The van der Waals surface area contributed by atoms with Crippen LogP contribution in [0.1, 0.15) is 53.1 Å². The molecule has 0 radical (unpaired) electrons. The molecule has 9 nitrogen and oxygen atoms in total. The molecule has 2 heterocycles. The number of amides is 1. The zero-order chi connectivity index (χ0) is 22.9. The van der Waals surface area contributed by atoms with E-state index in [2.05, 4.69) is 15.3 Å². The van der Waals surface area contributed by atoms with Crippen LogP contribution in [0.15, 0.2) is 33.9 Å². The molecule has 0 fully saturated rings. The summed E-state index contributed by atoms with van der Waals surface area (Å²) in [4.78, 5) is 56.5. The van der Waals surface area contributed by atoms with Gasteiger partial charge in [0.05, 0.1) is 28.6 Å². The quantitative estimate of drug-likeness (QED) is 0.583. The highest BCUT2D eigenvalue weighted by Crippen LogP contribution is 2.24. The molecule has 3 rings (SSSR count). The molecule has 0 bridgehead atoms. The predicted octanol–water partition coefficient (Wildman–Crippen LogP) is 2.92. The molecule has 0 atom stereocenters. The van der Waals surface area contributed by atoms with Crippen molar-refractivity contribution in [1.82, 2.24) is 14.5 Å². The Bertz CT molecular complexity index is 1310. The number of aromatic nitrogens is 3. The Morgan fingerprint density at radius 1 is 1.23 bits per heavy atom. The molecule has 1 amide bonds. The van der Waals surface area contributed by atoms with Crippen LogP contribution in [0.25, 0.3) is 11.0 Å². The van der Waals surface area contributed by atoms with E-state index in [0.717, 1.165) is 0 Å². The first-order valence-corrected chi connectivity index (χ1v) is 9.92. The number of methoxy groups -OCH3 is 1. The van der Waals surface area contributed by atoms with E-state index < -0.39 is 23.1 Å². The Balaban J connectivity index is 2.18. The summed E-state index contributed by atoms with van der Waals surface area (Å²) in [6.07, 6.45) is 0. The fourth-order valence-corrected chi connectivity index (χ4v) is 3.32. The molecule has 0 aliphatic rings. The lowest BCUT2D eigenvalue weighted by atomic mass is 10.0. The number of carbonyl (C=O) groups excluding carboxylic acids is 2. The number of ether oxygens (including phenoxy) is 1. The van der Waals surface area contributed by atoms with Gasteiger partial charge in [-0.05, 0) is 37.1 Å². The number of halogens is 1. The number of nitrogens with one attached hydrogen (secondary N) is 2. The summed E-state index contributed by atoms with van der Waals surface area (Å²) >= 11 is 6.03. The van der Waals surface area contributed by atoms with E-state index in [0.29, 0.717) is 5.69 Å². The number of anilines is 1. The summed E-state index contributed by atoms with van der Waals surface area (Å²) in [6.45, 7) is 5.78. The second-order valence-electron chi connectivity index (χ2n) is 7.09. The van der Waals surface area contributed by atoms with Crippen molar-refractivity contribution < 1.29 is 14.3 Å². The van der Waals surface area contributed by atoms with Crippen LogP contribution in [0.5, 0.6) is 0 Å². The van der Waals surface area contributed by atoms with E-state index in [1.807, 2.05) is 13.8 Å².